The molecule has 6 nitrogen and oxygen atoms in total. The van der Waals surface area contributed by atoms with Crippen LogP contribution in [0.3, 0.4) is 0 Å². The molecule has 20 heavy (non-hydrogen) atoms. The molecule has 1 aromatic carbocycles. The molecule has 1 unspecified atom stereocenters. The Hall–Kier alpha value is -1.86. The van der Waals surface area contributed by atoms with Gasteiger partial charge in [0, 0.05) is 0 Å². The Kier molecular flexibility index (Phi) is 3.82. The van der Waals surface area contributed by atoms with Crippen molar-refractivity contribution >= 4 is 15.7 Å². The van der Waals surface area contributed by atoms with Crippen LogP contribution in [0.5, 0.6) is 0 Å². The molecule has 2 aromatic rings. The zero-order chi connectivity index (χ0) is 14.9. The molecular formula is C13H17N3O3S. The minimum atomic E-state index is -3.73. The fourth-order valence-electron chi connectivity index (χ4n) is 1.96. The van der Waals surface area contributed by atoms with E-state index in [0.29, 0.717) is 17.2 Å². The van der Waals surface area contributed by atoms with Crippen molar-refractivity contribution in [1.82, 2.24) is 9.71 Å². The summed E-state index contributed by atoms with van der Waals surface area (Å²) < 4.78 is 32.6. The maximum Gasteiger partial charge on any atom is 0.243 e. The van der Waals surface area contributed by atoms with Crippen molar-refractivity contribution in [1.29, 1.82) is 0 Å². The lowest BCUT2D eigenvalue weighted by Gasteiger charge is -2.14. The molecule has 0 saturated carbocycles. The summed E-state index contributed by atoms with van der Waals surface area (Å²) >= 11 is 0. The van der Waals surface area contributed by atoms with Crippen molar-refractivity contribution in [2.45, 2.75) is 31.7 Å². The van der Waals surface area contributed by atoms with Crippen LogP contribution < -0.4 is 10.5 Å². The largest absolute Gasteiger partial charge is 0.444 e. The van der Waals surface area contributed by atoms with Gasteiger partial charge in [-0.05, 0) is 32.4 Å². The summed E-state index contributed by atoms with van der Waals surface area (Å²) in [6, 6.07) is 4.39. The van der Waals surface area contributed by atoms with Gasteiger partial charge < -0.3 is 10.2 Å². The molecule has 2 rings (SSSR count). The van der Waals surface area contributed by atoms with Gasteiger partial charge >= 0.3 is 0 Å². The van der Waals surface area contributed by atoms with Gasteiger partial charge in [0.25, 0.3) is 0 Å². The molecule has 0 saturated heterocycles. The lowest BCUT2D eigenvalue weighted by Crippen LogP contribution is -2.28. The minimum Gasteiger partial charge on any atom is -0.444 e. The number of benzene rings is 1. The van der Waals surface area contributed by atoms with Gasteiger partial charge in [0.15, 0.2) is 0 Å². The number of sulfonamides is 1. The highest BCUT2D eigenvalue weighted by Crippen LogP contribution is 2.24. The van der Waals surface area contributed by atoms with Crippen molar-refractivity contribution in [3.05, 3.63) is 41.6 Å². The molecule has 108 valence electrons. The Morgan fingerprint density at radius 2 is 2.05 bits per heavy atom. The Morgan fingerprint density at radius 3 is 2.60 bits per heavy atom. The molecule has 0 radical (unpaired) electrons. The van der Waals surface area contributed by atoms with E-state index in [1.54, 1.807) is 45.2 Å². The van der Waals surface area contributed by atoms with Crippen molar-refractivity contribution in [2.24, 2.45) is 0 Å². The molecule has 0 aliphatic heterocycles. The number of rotatable bonds is 4. The molecule has 7 heteroatoms. The highest BCUT2D eigenvalue weighted by molar-refractivity contribution is 7.89. The number of oxazole rings is 1. The first-order valence-corrected chi connectivity index (χ1v) is 7.59. The van der Waals surface area contributed by atoms with E-state index >= 15 is 0 Å². The summed E-state index contributed by atoms with van der Waals surface area (Å²) in [6.07, 6.45) is 1.54. The quantitative estimate of drug-likeness (QED) is 0.840. The summed E-state index contributed by atoms with van der Waals surface area (Å²) in [7, 11) is -3.73. The SMILES string of the molecule is Cc1cnc(C(C)NS(=O)(=O)c2c(C)cccc2N)o1. The number of nitrogens with one attached hydrogen (secondary N) is 1. The third-order valence-electron chi connectivity index (χ3n) is 2.85. The molecule has 1 heterocycles. The number of nitrogens with two attached hydrogens (primary N) is 1. The van der Waals surface area contributed by atoms with Gasteiger partial charge in [-0.15, -0.1) is 0 Å². The van der Waals surface area contributed by atoms with Crippen molar-refractivity contribution < 1.29 is 12.8 Å². The number of hydrogen-bond donors (Lipinski definition) is 2. The maximum atomic E-state index is 12.4. The monoisotopic (exact) mass is 295 g/mol. The number of nitrogen functional groups attached to an aromatic ring is 1. The average molecular weight is 295 g/mol. The lowest BCUT2D eigenvalue weighted by atomic mass is 10.2. The normalized spacial score (nSPS) is 13.3. The van der Waals surface area contributed by atoms with E-state index in [0.717, 1.165) is 0 Å². The first kappa shape index (κ1) is 14.5. The Morgan fingerprint density at radius 1 is 1.35 bits per heavy atom. The molecule has 0 aliphatic rings. The summed E-state index contributed by atoms with van der Waals surface area (Å²) in [5, 5.41) is 0. The van der Waals surface area contributed by atoms with E-state index in [-0.39, 0.29) is 10.6 Å². The predicted molar refractivity (Wildman–Crippen MR) is 75.6 cm³/mol. The Bertz CT molecular complexity index is 702. The van der Waals surface area contributed by atoms with Crippen molar-refractivity contribution in [3.8, 4) is 0 Å². The third-order valence-corrected chi connectivity index (χ3v) is 4.61. The van der Waals surface area contributed by atoms with Gasteiger partial charge in [0.2, 0.25) is 15.9 Å². The summed E-state index contributed by atoms with van der Waals surface area (Å²) in [5.74, 6) is 0.944. The average Bonchev–Trinajstić information content (AvgIpc) is 2.74. The third kappa shape index (κ3) is 2.83. The van der Waals surface area contributed by atoms with E-state index in [4.69, 9.17) is 10.2 Å². The molecule has 0 aliphatic carbocycles. The first-order chi connectivity index (χ1) is 9.31. The van der Waals surface area contributed by atoms with Crippen LogP contribution in [0.4, 0.5) is 5.69 Å². The zero-order valence-electron chi connectivity index (χ0n) is 11.5. The Labute approximate surface area is 118 Å². The number of nitrogens with zero attached hydrogens (tertiary/aromatic N) is 1. The predicted octanol–water partition coefficient (Wildman–Crippen LogP) is 1.91. The summed E-state index contributed by atoms with van der Waals surface area (Å²) in [4.78, 5) is 4.11. The van der Waals surface area contributed by atoms with Gasteiger partial charge in [-0.25, -0.2) is 13.4 Å². The molecule has 1 aromatic heterocycles. The van der Waals surface area contributed by atoms with Crippen LogP contribution in [0.25, 0.3) is 0 Å². The molecule has 0 fully saturated rings. The van der Waals surface area contributed by atoms with Crippen LogP contribution in [-0.4, -0.2) is 13.4 Å². The molecule has 0 bridgehead atoms. The topological polar surface area (TPSA) is 98.2 Å². The molecule has 0 spiro atoms. The smallest absolute Gasteiger partial charge is 0.243 e. The highest BCUT2D eigenvalue weighted by atomic mass is 32.2. The van der Waals surface area contributed by atoms with E-state index < -0.39 is 16.1 Å². The molecular weight excluding hydrogens is 278 g/mol. The van der Waals surface area contributed by atoms with E-state index in [2.05, 4.69) is 9.71 Å². The first-order valence-electron chi connectivity index (χ1n) is 6.11. The number of hydrogen-bond acceptors (Lipinski definition) is 5. The fraction of sp³-hybridized carbons (Fsp3) is 0.308. The summed E-state index contributed by atoms with van der Waals surface area (Å²) in [6.45, 7) is 5.11. The lowest BCUT2D eigenvalue weighted by molar-refractivity contribution is 0.428. The standard InChI is InChI=1S/C13H17N3O3S/c1-8-5-4-6-11(14)12(8)20(17,18)16-10(3)13-15-7-9(2)19-13/h4-7,10,16H,14H2,1-3H3. The number of aromatic nitrogens is 1. The second-order valence-electron chi connectivity index (χ2n) is 4.65. The van der Waals surface area contributed by atoms with Gasteiger partial charge in [-0.2, -0.15) is 4.72 Å². The van der Waals surface area contributed by atoms with Gasteiger partial charge in [0.1, 0.15) is 10.7 Å². The van der Waals surface area contributed by atoms with Crippen LogP contribution in [-0.2, 0) is 10.0 Å². The van der Waals surface area contributed by atoms with Gasteiger partial charge in [-0.1, -0.05) is 12.1 Å². The summed E-state index contributed by atoms with van der Waals surface area (Å²) in [5.41, 5.74) is 6.57. The Balaban J connectivity index is 2.32. The van der Waals surface area contributed by atoms with Crippen LogP contribution in [0, 0.1) is 13.8 Å². The van der Waals surface area contributed by atoms with Gasteiger partial charge in [0.05, 0.1) is 17.9 Å². The van der Waals surface area contributed by atoms with E-state index in [9.17, 15) is 8.42 Å². The second kappa shape index (κ2) is 5.26. The van der Waals surface area contributed by atoms with Crippen LogP contribution in [0.2, 0.25) is 0 Å². The second-order valence-corrected chi connectivity index (χ2v) is 6.30. The minimum absolute atomic E-state index is 0.0927. The van der Waals surface area contributed by atoms with E-state index in [1.807, 2.05) is 0 Å². The maximum absolute atomic E-state index is 12.4. The number of anilines is 1. The van der Waals surface area contributed by atoms with Crippen LogP contribution >= 0.6 is 0 Å². The number of aryl methyl sites for hydroxylation is 2. The van der Waals surface area contributed by atoms with Crippen molar-refractivity contribution in [2.75, 3.05) is 5.73 Å². The zero-order valence-corrected chi connectivity index (χ0v) is 12.4. The van der Waals surface area contributed by atoms with Crippen LogP contribution in [0.15, 0.2) is 33.7 Å². The molecule has 1 atom stereocenters. The fourth-order valence-corrected chi connectivity index (χ4v) is 3.51. The molecule has 3 N–H and O–H groups in total. The van der Waals surface area contributed by atoms with Crippen LogP contribution in [0.1, 0.15) is 30.2 Å². The van der Waals surface area contributed by atoms with E-state index in [1.165, 1.54) is 0 Å². The van der Waals surface area contributed by atoms with Gasteiger partial charge in [-0.3, -0.25) is 0 Å². The van der Waals surface area contributed by atoms with Crippen molar-refractivity contribution in [3.63, 3.8) is 0 Å². The highest BCUT2D eigenvalue weighted by Gasteiger charge is 2.24. The molecule has 0 amide bonds.